The van der Waals surface area contributed by atoms with Crippen LogP contribution in [0.4, 0.5) is 0 Å². The van der Waals surface area contributed by atoms with E-state index in [0.29, 0.717) is 46.5 Å². The van der Waals surface area contributed by atoms with Crippen molar-refractivity contribution in [1.82, 2.24) is 9.80 Å². The summed E-state index contributed by atoms with van der Waals surface area (Å²) in [6, 6.07) is 4.27. The van der Waals surface area contributed by atoms with E-state index in [2.05, 4.69) is 4.90 Å². The van der Waals surface area contributed by atoms with E-state index in [1.165, 1.54) is 30.5 Å². The van der Waals surface area contributed by atoms with E-state index >= 15 is 0 Å². The molecule has 1 fully saturated rings. The third-order valence-corrected chi connectivity index (χ3v) is 7.32. The van der Waals surface area contributed by atoms with Gasteiger partial charge in [-0.2, -0.15) is 0 Å². The average Bonchev–Trinajstić information content (AvgIpc) is 3.65. The Morgan fingerprint density at radius 1 is 1.18 bits per heavy atom. The highest BCUT2D eigenvalue weighted by molar-refractivity contribution is 7.12. The van der Waals surface area contributed by atoms with Gasteiger partial charge in [0, 0.05) is 18.7 Å². The number of fused-ring (bicyclic) bond motifs is 1. The van der Waals surface area contributed by atoms with E-state index in [1.807, 2.05) is 0 Å². The summed E-state index contributed by atoms with van der Waals surface area (Å²) < 4.78 is 22.4. The fourth-order valence-electron chi connectivity index (χ4n) is 4.85. The number of rotatable bonds is 8. The topological polar surface area (TPSA) is 97.8 Å². The number of methoxy groups -OCH3 is 2. The molecule has 34 heavy (non-hydrogen) atoms. The zero-order valence-corrected chi connectivity index (χ0v) is 19.9. The Bertz CT molecular complexity index is 1140. The molecule has 5 rings (SSSR count). The van der Waals surface area contributed by atoms with E-state index in [0.717, 1.165) is 25.9 Å². The SMILES string of the molecule is COc1c([C@H]2C(C(=O)c3cccs3)=C(O)C(=O)N2CCN2CCCC2)cc2c(c1OC)OCO2. The van der Waals surface area contributed by atoms with Crippen LogP contribution < -0.4 is 18.9 Å². The molecule has 0 bridgehead atoms. The van der Waals surface area contributed by atoms with Gasteiger partial charge in [-0.25, -0.2) is 0 Å². The summed E-state index contributed by atoms with van der Waals surface area (Å²) in [5, 5.41) is 12.7. The first-order valence-electron chi connectivity index (χ1n) is 11.1. The van der Waals surface area contributed by atoms with Gasteiger partial charge in [-0.15, -0.1) is 11.3 Å². The number of aliphatic hydroxyl groups is 1. The summed E-state index contributed by atoms with van der Waals surface area (Å²) in [7, 11) is 2.97. The fourth-order valence-corrected chi connectivity index (χ4v) is 5.53. The van der Waals surface area contributed by atoms with Gasteiger partial charge < -0.3 is 33.9 Å². The lowest BCUT2D eigenvalue weighted by atomic mass is 9.93. The van der Waals surface area contributed by atoms with Gasteiger partial charge in [-0.05, 0) is 43.4 Å². The molecule has 0 spiro atoms. The summed E-state index contributed by atoms with van der Waals surface area (Å²) in [5.41, 5.74) is 0.510. The third-order valence-electron chi connectivity index (χ3n) is 6.45. The lowest BCUT2D eigenvalue weighted by Gasteiger charge is -2.30. The van der Waals surface area contributed by atoms with Crippen LogP contribution in [0.15, 0.2) is 34.9 Å². The smallest absolute Gasteiger partial charge is 0.290 e. The van der Waals surface area contributed by atoms with Crippen molar-refractivity contribution in [3.8, 4) is 23.0 Å². The van der Waals surface area contributed by atoms with Gasteiger partial charge in [0.1, 0.15) is 0 Å². The number of thiophene rings is 1. The van der Waals surface area contributed by atoms with E-state index in [9.17, 15) is 14.7 Å². The molecule has 9 nitrogen and oxygen atoms in total. The molecule has 2 aromatic rings. The van der Waals surface area contributed by atoms with Crippen LogP contribution in [-0.4, -0.2) is 73.8 Å². The first-order valence-corrected chi connectivity index (χ1v) is 12.0. The van der Waals surface area contributed by atoms with Crippen LogP contribution in [0, 0.1) is 0 Å². The van der Waals surface area contributed by atoms with Crippen molar-refractivity contribution in [2.75, 3.05) is 47.2 Å². The van der Waals surface area contributed by atoms with Gasteiger partial charge in [-0.1, -0.05) is 6.07 Å². The van der Waals surface area contributed by atoms with Crippen molar-refractivity contribution in [3.63, 3.8) is 0 Å². The number of likely N-dealkylation sites (tertiary alicyclic amines) is 1. The Labute approximate surface area is 201 Å². The highest BCUT2D eigenvalue weighted by Gasteiger charge is 2.46. The third kappa shape index (κ3) is 3.67. The summed E-state index contributed by atoms with van der Waals surface area (Å²) in [6.45, 7) is 2.93. The first-order chi connectivity index (χ1) is 16.5. The lowest BCUT2D eigenvalue weighted by molar-refractivity contribution is -0.129. The van der Waals surface area contributed by atoms with Crippen LogP contribution in [0.2, 0.25) is 0 Å². The lowest BCUT2D eigenvalue weighted by Crippen LogP contribution is -2.38. The number of ether oxygens (including phenoxy) is 4. The largest absolute Gasteiger partial charge is 0.503 e. The van der Waals surface area contributed by atoms with Crippen LogP contribution >= 0.6 is 11.3 Å². The first kappa shape index (κ1) is 22.5. The molecule has 0 radical (unpaired) electrons. The summed E-state index contributed by atoms with van der Waals surface area (Å²) in [5.74, 6) is -0.0561. The number of aliphatic hydroxyl groups excluding tert-OH is 1. The van der Waals surface area contributed by atoms with E-state index in [1.54, 1.807) is 23.6 Å². The van der Waals surface area contributed by atoms with Crippen molar-refractivity contribution in [2.24, 2.45) is 0 Å². The van der Waals surface area contributed by atoms with Crippen LogP contribution in [0.5, 0.6) is 23.0 Å². The molecule has 10 heteroatoms. The number of amides is 1. The molecule has 0 saturated carbocycles. The minimum atomic E-state index is -0.872. The van der Waals surface area contributed by atoms with Gasteiger partial charge in [0.2, 0.25) is 24.1 Å². The summed E-state index contributed by atoms with van der Waals surface area (Å²) in [6.07, 6.45) is 2.24. The second kappa shape index (κ2) is 9.19. The molecule has 1 aromatic heterocycles. The standard InChI is InChI=1S/C24H26N2O7S/c1-30-21-14(12-15-22(23(21)31-2)33-13-32-15)18-17(19(27)16-6-5-11-34-16)20(28)24(29)26(18)10-9-25-7-3-4-8-25/h5-6,11-12,18,28H,3-4,7-10,13H2,1-2H3/t18-/m0/s1. The average molecular weight is 487 g/mol. The predicted octanol–water partition coefficient (Wildman–Crippen LogP) is 3.17. The van der Waals surface area contributed by atoms with Crippen molar-refractivity contribution in [1.29, 1.82) is 0 Å². The molecule has 1 saturated heterocycles. The number of Topliss-reactive ketones (excluding diaryl/α,β-unsaturated/α-hetero) is 1. The van der Waals surface area contributed by atoms with Gasteiger partial charge >= 0.3 is 0 Å². The number of nitrogens with zero attached hydrogens (tertiary/aromatic N) is 2. The van der Waals surface area contributed by atoms with Crippen LogP contribution in [0.25, 0.3) is 0 Å². The van der Waals surface area contributed by atoms with Crippen LogP contribution in [0.3, 0.4) is 0 Å². The van der Waals surface area contributed by atoms with Gasteiger partial charge in [-0.3, -0.25) is 9.59 Å². The maximum Gasteiger partial charge on any atom is 0.290 e. The molecular weight excluding hydrogens is 460 g/mol. The molecule has 1 atom stereocenters. The molecular formula is C24H26N2O7S. The Morgan fingerprint density at radius 2 is 1.94 bits per heavy atom. The van der Waals surface area contributed by atoms with E-state index < -0.39 is 23.5 Å². The molecule has 3 aliphatic heterocycles. The van der Waals surface area contributed by atoms with Gasteiger partial charge in [0.05, 0.1) is 30.7 Å². The Hall–Kier alpha value is -3.24. The van der Waals surface area contributed by atoms with E-state index in [-0.39, 0.29) is 12.4 Å². The van der Waals surface area contributed by atoms with Crippen molar-refractivity contribution in [2.45, 2.75) is 18.9 Å². The molecule has 1 N–H and O–H groups in total. The zero-order valence-electron chi connectivity index (χ0n) is 19.0. The maximum atomic E-state index is 13.5. The highest BCUT2D eigenvalue weighted by atomic mass is 32.1. The molecule has 4 heterocycles. The number of carbonyl (C=O) groups is 2. The molecule has 0 unspecified atom stereocenters. The number of carbonyl (C=O) groups excluding carboxylic acids is 2. The molecule has 1 amide bonds. The maximum absolute atomic E-state index is 13.5. The normalized spacial score (nSPS) is 19.9. The summed E-state index contributed by atoms with van der Waals surface area (Å²) in [4.78, 5) is 31.1. The van der Waals surface area contributed by atoms with Crippen molar-refractivity contribution < 1.29 is 33.6 Å². The number of benzene rings is 1. The Morgan fingerprint density at radius 3 is 2.62 bits per heavy atom. The quantitative estimate of drug-likeness (QED) is 0.569. The zero-order chi connectivity index (χ0) is 23.8. The molecule has 0 aliphatic carbocycles. The van der Waals surface area contributed by atoms with Crippen molar-refractivity contribution >= 4 is 23.0 Å². The number of hydrogen-bond acceptors (Lipinski definition) is 9. The number of ketones is 1. The summed E-state index contributed by atoms with van der Waals surface area (Å²) >= 11 is 1.26. The van der Waals surface area contributed by atoms with Crippen LogP contribution in [0.1, 0.15) is 34.1 Å². The van der Waals surface area contributed by atoms with Gasteiger partial charge in [0.15, 0.2) is 17.3 Å². The second-order valence-electron chi connectivity index (χ2n) is 8.28. The molecule has 3 aliphatic rings. The van der Waals surface area contributed by atoms with Crippen LogP contribution in [-0.2, 0) is 4.79 Å². The number of hydrogen-bond donors (Lipinski definition) is 1. The highest BCUT2D eigenvalue weighted by Crippen LogP contribution is 2.53. The Kier molecular flexibility index (Phi) is 6.09. The minimum absolute atomic E-state index is 0.0165. The fraction of sp³-hybridized carbons (Fsp3) is 0.417. The van der Waals surface area contributed by atoms with Crippen molar-refractivity contribution in [3.05, 3.63) is 45.4 Å². The van der Waals surface area contributed by atoms with Gasteiger partial charge in [0.25, 0.3) is 5.91 Å². The monoisotopic (exact) mass is 486 g/mol. The second-order valence-corrected chi connectivity index (χ2v) is 9.23. The Balaban J connectivity index is 1.63. The van der Waals surface area contributed by atoms with E-state index in [4.69, 9.17) is 18.9 Å². The minimum Gasteiger partial charge on any atom is -0.503 e. The molecule has 180 valence electrons. The predicted molar refractivity (Wildman–Crippen MR) is 124 cm³/mol. The molecule has 1 aromatic carbocycles.